The number of hydrogen-bond acceptors (Lipinski definition) is 5. The molecule has 1 N–H and O–H groups in total. The molecule has 1 aliphatic heterocycles. The van der Waals surface area contributed by atoms with Crippen molar-refractivity contribution in [3.8, 4) is 0 Å². The van der Waals surface area contributed by atoms with Gasteiger partial charge in [0, 0.05) is 34.2 Å². The number of carbonyl (C=O) groups is 2. The summed E-state index contributed by atoms with van der Waals surface area (Å²) in [6.07, 6.45) is 2.45. The lowest BCUT2D eigenvalue weighted by Gasteiger charge is -2.22. The Morgan fingerprint density at radius 1 is 1.13 bits per heavy atom. The summed E-state index contributed by atoms with van der Waals surface area (Å²) in [5.74, 6) is -1.08. The van der Waals surface area contributed by atoms with Crippen molar-refractivity contribution in [2.75, 3.05) is 13.2 Å². The fourth-order valence-electron chi connectivity index (χ4n) is 3.62. The average Bonchev–Trinajstić information content (AvgIpc) is 3.40. The Kier molecular flexibility index (Phi) is 5.64. The van der Waals surface area contributed by atoms with Crippen molar-refractivity contribution in [2.45, 2.75) is 23.8 Å². The van der Waals surface area contributed by atoms with Crippen molar-refractivity contribution in [1.29, 1.82) is 0 Å². The summed E-state index contributed by atoms with van der Waals surface area (Å²) in [6, 6.07) is 12.1. The molecule has 2 heterocycles. The number of aromatic amines is 1. The highest BCUT2D eigenvalue weighted by Gasteiger charge is 2.40. The molecule has 9 heteroatoms. The Bertz CT molecular complexity index is 1200. The van der Waals surface area contributed by atoms with Crippen LogP contribution in [-0.2, 0) is 19.6 Å². The van der Waals surface area contributed by atoms with Gasteiger partial charge in [-0.15, -0.1) is 0 Å². The minimum Gasteiger partial charge on any atom is -0.456 e. The predicted octanol–water partition coefficient (Wildman–Crippen LogP) is 3.40. The number of rotatable bonds is 6. The summed E-state index contributed by atoms with van der Waals surface area (Å²) < 4.78 is 32.2. The molecule has 1 saturated heterocycles. The predicted molar refractivity (Wildman–Crippen MR) is 112 cm³/mol. The molecular formula is C21H19ClN2O5S. The second-order valence-electron chi connectivity index (χ2n) is 7.01. The van der Waals surface area contributed by atoms with Gasteiger partial charge in [-0.05, 0) is 43.2 Å². The van der Waals surface area contributed by atoms with Gasteiger partial charge in [-0.2, -0.15) is 4.31 Å². The molecule has 4 rings (SSSR count). The number of H-pyrrole nitrogens is 1. The van der Waals surface area contributed by atoms with Crippen LogP contribution in [0.5, 0.6) is 0 Å². The number of aromatic nitrogens is 1. The van der Waals surface area contributed by atoms with Gasteiger partial charge in [0.2, 0.25) is 15.8 Å². The van der Waals surface area contributed by atoms with E-state index in [0.717, 1.165) is 15.2 Å². The van der Waals surface area contributed by atoms with E-state index >= 15 is 0 Å². The van der Waals surface area contributed by atoms with Gasteiger partial charge in [0.05, 0.1) is 4.90 Å². The topological polar surface area (TPSA) is 96.5 Å². The molecule has 7 nitrogen and oxygen atoms in total. The molecule has 3 aromatic rings. The minimum atomic E-state index is -3.88. The number of nitrogens with one attached hydrogen (secondary N) is 1. The van der Waals surface area contributed by atoms with Gasteiger partial charge in [0.15, 0.2) is 6.61 Å². The number of Topliss-reactive ketones (excluding diaryl/α,β-unsaturated/α-hetero) is 1. The van der Waals surface area contributed by atoms with E-state index in [-0.39, 0.29) is 17.2 Å². The Labute approximate surface area is 178 Å². The second-order valence-corrected chi connectivity index (χ2v) is 9.33. The van der Waals surface area contributed by atoms with Crippen LogP contribution in [0.2, 0.25) is 5.02 Å². The zero-order chi connectivity index (χ0) is 21.3. The molecule has 0 bridgehead atoms. The summed E-state index contributed by atoms with van der Waals surface area (Å²) in [6.45, 7) is -0.243. The minimum absolute atomic E-state index is 0.0569. The Morgan fingerprint density at radius 3 is 2.63 bits per heavy atom. The number of benzene rings is 2. The van der Waals surface area contributed by atoms with Crippen LogP contribution in [0.15, 0.2) is 59.6 Å². The molecule has 156 valence electrons. The van der Waals surface area contributed by atoms with E-state index in [2.05, 4.69) is 4.98 Å². The monoisotopic (exact) mass is 446 g/mol. The van der Waals surface area contributed by atoms with E-state index < -0.39 is 28.6 Å². The Morgan fingerprint density at radius 2 is 1.87 bits per heavy atom. The number of fused-ring (bicyclic) bond motifs is 1. The SMILES string of the molecule is O=C(COC(=O)C1CCCN1S(=O)(=O)c1ccc(Cl)cc1)c1c[nH]c2ccccc12. The number of carbonyl (C=O) groups excluding carboxylic acids is 2. The number of para-hydroxylation sites is 1. The van der Waals surface area contributed by atoms with E-state index in [9.17, 15) is 18.0 Å². The second kappa shape index (κ2) is 8.22. The number of halogens is 1. The van der Waals surface area contributed by atoms with Crippen LogP contribution in [-0.4, -0.2) is 48.7 Å². The summed E-state index contributed by atoms with van der Waals surface area (Å²) in [5.41, 5.74) is 1.23. The molecule has 1 atom stereocenters. The van der Waals surface area contributed by atoms with Gasteiger partial charge in [0.1, 0.15) is 6.04 Å². The molecular weight excluding hydrogens is 428 g/mol. The lowest BCUT2D eigenvalue weighted by molar-refractivity contribution is -0.146. The third kappa shape index (κ3) is 3.86. The van der Waals surface area contributed by atoms with Crippen molar-refractivity contribution in [3.05, 3.63) is 65.3 Å². The van der Waals surface area contributed by atoms with Gasteiger partial charge in [-0.1, -0.05) is 29.8 Å². The van der Waals surface area contributed by atoms with Gasteiger partial charge in [-0.3, -0.25) is 9.59 Å². The number of nitrogens with zero attached hydrogens (tertiary/aromatic N) is 1. The van der Waals surface area contributed by atoms with Crippen molar-refractivity contribution >= 4 is 44.3 Å². The van der Waals surface area contributed by atoms with Gasteiger partial charge < -0.3 is 9.72 Å². The van der Waals surface area contributed by atoms with Gasteiger partial charge in [0.25, 0.3) is 0 Å². The first-order chi connectivity index (χ1) is 14.4. The van der Waals surface area contributed by atoms with Crippen LogP contribution in [0, 0.1) is 0 Å². The molecule has 1 aliphatic rings. The number of esters is 1. The Hall–Kier alpha value is -2.68. The van der Waals surface area contributed by atoms with Crippen LogP contribution in [0.4, 0.5) is 0 Å². The van der Waals surface area contributed by atoms with Crippen LogP contribution >= 0.6 is 11.6 Å². The zero-order valence-electron chi connectivity index (χ0n) is 15.9. The van der Waals surface area contributed by atoms with Crippen LogP contribution < -0.4 is 0 Å². The first-order valence-corrected chi connectivity index (χ1v) is 11.2. The fourth-order valence-corrected chi connectivity index (χ4v) is 5.39. The molecule has 1 aromatic heterocycles. The van der Waals surface area contributed by atoms with Crippen molar-refractivity contribution < 1.29 is 22.7 Å². The molecule has 0 saturated carbocycles. The maximum atomic E-state index is 12.9. The number of hydrogen-bond donors (Lipinski definition) is 1. The highest BCUT2D eigenvalue weighted by Crippen LogP contribution is 2.28. The number of sulfonamides is 1. The quantitative estimate of drug-likeness (QED) is 0.462. The molecule has 0 amide bonds. The fraction of sp³-hybridized carbons (Fsp3) is 0.238. The van der Waals surface area contributed by atoms with Crippen molar-refractivity contribution in [3.63, 3.8) is 0 Å². The molecule has 2 aromatic carbocycles. The third-order valence-corrected chi connectivity index (χ3v) is 7.31. The molecule has 0 spiro atoms. The summed E-state index contributed by atoms with van der Waals surface area (Å²) >= 11 is 5.83. The van der Waals surface area contributed by atoms with Crippen LogP contribution in [0.1, 0.15) is 23.2 Å². The normalized spacial score (nSPS) is 17.3. The average molecular weight is 447 g/mol. The van der Waals surface area contributed by atoms with Crippen molar-refractivity contribution in [2.24, 2.45) is 0 Å². The molecule has 0 aliphatic carbocycles. The zero-order valence-corrected chi connectivity index (χ0v) is 17.4. The van der Waals surface area contributed by atoms with Crippen LogP contribution in [0.25, 0.3) is 10.9 Å². The highest BCUT2D eigenvalue weighted by atomic mass is 35.5. The summed E-state index contributed by atoms with van der Waals surface area (Å²) in [5, 5.41) is 1.16. The van der Waals surface area contributed by atoms with Crippen molar-refractivity contribution in [1.82, 2.24) is 9.29 Å². The first kappa shape index (κ1) is 20.6. The van der Waals surface area contributed by atoms with E-state index in [4.69, 9.17) is 16.3 Å². The maximum Gasteiger partial charge on any atom is 0.324 e. The van der Waals surface area contributed by atoms with Crippen LogP contribution in [0.3, 0.4) is 0 Å². The largest absolute Gasteiger partial charge is 0.456 e. The summed E-state index contributed by atoms with van der Waals surface area (Å²) in [4.78, 5) is 28.2. The Balaban J connectivity index is 1.46. The third-order valence-electron chi connectivity index (χ3n) is 5.13. The van der Waals surface area contributed by atoms with Gasteiger partial charge in [-0.25, -0.2) is 8.42 Å². The van der Waals surface area contributed by atoms with E-state index in [1.165, 1.54) is 24.3 Å². The van der Waals surface area contributed by atoms with E-state index in [0.29, 0.717) is 23.4 Å². The lowest BCUT2D eigenvalue weighted by atomic mass is 10.1. The van der Waals surface area contributed by atoms with E-state index in [1.807, 2.05) is 18.2 Å². The molecule has 0 radical (unpaired) electrons. The van der Waals surface area contributed by atoms with E-state index in [1.54, 1.807) is 12.3 Å². The summed E-state index contributed by atoms with van der Waals surface area (Å²) in [7, 11) is -3.88. The lowest BCUT2D eigenvalue weighted by Crippen LogP contribution is -2.41. The molecule has 1 unspecified atom stereocenters. The van der Waals surface area contributed by atoms with Gasteiger partial charge >= 0.3 is 5.97 Å². The highest BCUT2D eigenvalue weighted by molar-refractivity contribution is 7.89. The molecule has 30 heavy (non-hydrogen) atoms. The standard InChI is InChI=1S/C21H19ClN2O5S/c22-14-7-9-15(10-8-14)30(27,28)24-11-3-6-19(24)21(26)29-13-20(25)17-12-23-18-5-2-1-4-16(17)18/h1-2,4-5,7-10,12,19,23H,3,6,11,13H2. The smallest absolute Gasteiger partial charge is 0.324 e. The first-order valence-electron chi connectivity index (χ1n) is 9.41. The number of ether oxygens (including phenoxy) is 1. The number of ketones is 1. The maximum absolute atomic E-state index is 12.9. The molecule has 1 fully saturated rings.